The number of nitrogens with one attached hydrogen (secondary N) is 1. The van der Waals surface area contributed by atoms with E-state index in [9.17, 15) is 14.4 Å². The van der Waals surface area contributed by atoms with E-state index in [0.29, 0.717) is 18.9 Å². The molecule has 2 aromatic carbocycles. The third kappa shape index (κ3) is 2.92. The second-order valence-corrected chi connectivity index (χ2v) is 9.40. The Balaban J connectivity index is 1.53. The first-order valence-electron chi connectivity index (χ1n) is 11.1. The van der Waals surface area contributed by atoms with Gasteiger partial charge in [-0.15, -0.1) is 0 Å². The maximum atomic E-state index is 13.7. The van der Waals surface area contributed by atoms with E-state index in [1.54, 1.807) is 0 Å². The van der Waals surface area contributed by atoms with Crippen LogP contribution < -0.4 is 10.6 Å². The van der Waals surface area contributed by atoms with E-state index in [0.717, 1.165) is 23.2 Å². The number of carbonyl (C=O) groups is 3. The Labute approximate surface area is 182 Å². The van der Waals surface area contributed by atoms with Gasteiger partial charge in [0.05, 0.1) is 5.69 Å². The smallest absolute Gasteiger partial charge is 0.291 e. The number of hydrogen-bond donors (Lipinski definition) is 2. The van der Waals surface area contributed by atoms with Crippen LogP contribution >= 0.6 is 0 Å². The molecule has 31 heavy (non-hydrogen) atoms. The first-order chi connectivity index (χ1) is 14.9. The van der Waals surface area contributed by atoms with Crippen molar-refractivity contribution in [1.29, 1.82) is 0 Å². The fraction of sp³-hybridized carbons (Fsp3) is 0.400. The molecular weight excluding hydrogens is 390 g/mol. The van der Waals surface area contributed by atoms with Crippen molar-refractivity contribution in [2.24, 2.45) is 17.8 Å². The molecule has 1 spiro atoms. The molecule has 2 fully saturated rings. The normalized spacial score (nSPS) is 29.1. The Hall–Kier alpha value is -2.99. The first-order valence-corrected chi connectivity index (χ1v) is 11.1. The monoisotopic (exact) mass is 418 g/mol. The summed E-state index contributed by atoms with van der Waals surface area (Å²) in [7, 11) is 0. The van der Waals surface area contributed by atoms with E-state index in [1.165, 1.54) is 4.90 Å². The summed E-state index contributed by atoms with van der Waals surface area (Å²) in [5.74, 6) is -1.29. The van der Waals surface area contributed by atoms with Crippen LogP contribution in [0.1, 0.15) is 31.4 Å². The van der Waals surface area contributed by atoms with Gasteiger partial charge in [-0.25, -0.2) is 0 Å². The lowest BCUT2D eigenvalue weighted by Crippen LogP contribution is -2.99. The van der Waals surface area contributed by atoms with Crippen LogP contribution in [0, 0.1) is 17.8 Å². The van der Waals surface area contributed by atoms with Gasteiger partial charge in [0, 0.05) is 18.5 Å². The van der Waals surface area contributed by atoms with Gasteiger partial charge in [-0.05, 0) is 24.0 Å². The van der Waals surface area contributed by atoms with Gasteiger partial charge in [-0.3, -0.25) is 19.3 Å². The predicted octanol–water partition coefficient (Wildman–Crippen LogP) is 1.67. The molecule has 3 N–H and O–H groups in total. The van der Waals surface area contributed by atoms with Crippen molar-refractivity contribution in [2.45, 2.75) is 38.3 Å². The predicted molar refractivity (Wildman–Crippen MR) is 116 cm³/mol. The largest absolute Gasteiger partial charge is 0.326 e. The molecule has 0 radical (unpaired) electrons. The molecule has 0 unspecified atom stereocenters. The van der Waals surface area contributed by atoms with Crippen molar-refractivity contribution < 1.29 is 19.7 Å². The lowest BCUT2D eigenvalue weighted by Gasteiger charge is -2.26. The summed E-state index contributed by atoms with van der Waals surface area (Å²) in [6.45, 7) is 4.58. The van der Waals surface area contributed by atoms with Crippen molar-refractivity contribution in [2.75, 3.05) is 11.9 Å². The van der Waals surface area contributed by atoms with Crippen molar-refractivity contribution in [3.05, 3.63) is 65.7 Å². The summed E-state index contributed by atoms with van der Waals surface area (Å²) in [5.41, 5.74) is 1.60. The number of likely N-dealkylation sites (tertiary alicyclic amines) is 1. The third-order valence-electron chi connectivity index (χ3n) is 7.08. The van der Waals surface area contributed by atoms with Crippen LogP contribution in [0.5, 0.6) is 0 Å². The molecular formula is C25H28N3O3+. The maximum absolute atomic E-state index is 13.7. The van der Waals surface area contributed by atoms with Gasteiger partial charge < -0.3 is 10.6 Å². The number of imide groups is 1. The van der Waals surface area contributed by atoms with Crippen LogP contribution in [0.3, 0.4) is 0 Å². The van der Waals surface area contributed by atoms with Gasteiger partial charge in [0.2, 0.25) is 17.4 Å². The standard InChI is InChI=1S/C25H27N3O3/c1-15(2)14-19-20-21(25(27-19)17-10-6-7-11-18(17)26-24(25)31)23(30)28(22(20)29)13-12-16-8-4-3-5-9-16/h3-11,15,19-21,27H,12-14H2,1-2H3,(H,26,31)/p+1/t19-,20-,21+,25+/m1/s1. The topological polar surface area (TPSA) is 83.1 Å². The van der Waals surface area contributed by atoms with E-state index < -0.39 is 17.4 Å². The molecule has 0 aliphatic carbocycles. The van der Waals surface area contributed by atoms with E-state index in [4.69, 9.17) is 0 Å². The number of nitrogens with zero attached hydrogens (tertiary/aromatic N) is 1. The molecule has 0 bridgehead atoms. The van der Waals surface area contributed by atoms with Crippen molar-refractivity contribution in [1.82, 2.24) is 4.90 Å². The molecule has 5 rings (SSSR count). The minimum absolute atomic E-state index is 0.0971. The van der Waals surface area contributed by atoms with Gasteiger partial charge in [0.25, 0.3) is 5.91 Å². The molecule has 3 amide bonds. The van der Waals surface area contributed by atoms with Crippen LogP contribution in [0.15, 0.2) is 54.6 Å². The number of nitrogens with two attached hydrogens (primary N) is 1. The van der Waals surface area contributed by atoms with Crippen LogP contribution in [-0.4, -0.2) is 35.2 Å². The van der Waals surface area contributed by atoms with Gasteiger partial charge in [-0.2, -0.15) is 0 Å². The summed E-state index contributed by atoms with van der Waals surface area (Å²) in [5, 5.41) is 4.99. The first kappa shape index (κ1) is 19.9. The zero-order chi connectivity index (χ0) is 21.8. The highest BCUT2D eigenvalue weighted by molar-refractivity contribution is 6.13. The quantitative estimate of drug-likeness (QED) is 0.725. The lowest BCUT2D eigenvalue weighted by atomic mass is 9.76. The molecule has 6 nitrogen and oxygen atoms in total. The Morgan fingerprint density at radius 3 is 2.45 bits per heavy atom. The van der Waals surface area contributed by atoms with Crippen LogP contribution in [-0.2, 0) is 26.3 Å². The average molecular weight is 419 g/mol. The summed E-state index contributed by atoms with van der Waals surface area (Å²) >= 11 is 0. The molecule has 2 aromatic rings. The van der Waals surface area contributed by atoms with E-state index in [1.807, 2.05) is 59.9 Å². The van der Waals surface area contributed by atoms with Crippen LogP contribution in [0.25, 0.3) is 0 Å². The summed E-state index contributed by atoms with van der Waals surface area (Å²) in [6.07, 6.45) is 1.40. The number of carbonyl (C=O) groups excluding carboxylic acids is 3. The Morgan fingerprint density at radius 2 is 1.71 bits per heavy atom. The minimum atomic E-state index is -1.06. The zero-order valence-electron chi connectivity index (χ0n) is 17.9. The molecule has 2 saturated heterocycles. The van der Waals surface area contributed by atoms with Gasteiger partial charge >= 0.3 is 0 Å². The third-order valence-corrected chi connectivity index (χ3v) is 7.08. The number of rotatable bonds is 5. The second-order valence-electron chi connectivity index (χ2n) is 9.40. The van der Waals surface area contributed by atoms with Crippen LogP contribution in [0.4, 0.5) is 5.69 Å². The second kappa shape index (κ2) is 7.31. The van der Waals surface area contributed by atoms with Crippen molar-refractivity contribution >= 4 is 23.4 Å². The van der Waals surface area contributed by atoms with Crippen molar-refractivity contribution in [3.63, 3.8) is 0 Å². The van der Waals surface area contributed by atoms with Crippen LogP contribution in [0.2, 0.25) is 0 Å². The summed E-state index contributed by atoms with van der Waals surface area (Å²) < 4.78 is 0. The molecule has 4 atom stereocenters. The molecule has 0 aromatic heterocycles. The van der Waals surface area contributed by atoms with Gasteiger partial charge in [0.1, 0.15) is 17.9 Å². The Bertz CT molecular complexity index is 1050. The highest BCUT2D eigenvalue weighted by atomic mass is 16.2. The Kier molecular flexibility index (Phi) is 4.70. The molecule has 6 heteroatoms. The average Bonchev–Trinajstić information content (AvgIpc) is 3.32. The van der Waals surface area contributed by atoms with Gasteiger partial charge in [-0.1, -0.05) is 62.4 Å². The Morgan fingerprint density at radius 1 is 1.00 bits per heavy atom. The number of fused-ring (bicyclic) bond motifs is 4. The summed E-state index contributed by atoms with van der Waals surface area (Å²) in [6, 6.07) is 17.3. The molecule has 0 saturated carbocycles. The number of quaternary nitrogens is 1. The maximum Gasteiger partial charge on any atom is 0.291 e. The van der Waals surface area contributed by atoms with E-state index in [-0.39, 0.29) is 23.8 Å². The highest BCUT2D eigenvalue weighted by Gasteiger charge is 2.73. The zero-order valence-corrected chi connectivity index (χ0v) is 17.9. The van der Waals surface area contributed by atoms with Gasteiger partial charge in [0.15, 0.2) is 0 Å². The lowest BCUT2D eigenvalue weighted by molar-refractivity contribution is -0.734. The molecule has 3 aliphatic heterocycles. The van der Waals surface area contributed by atoms with Crippen molar-refractivity contribution in [3.8, 4) is 0 Å². The number of benzene rings is 2. The highest BCUT2D eigenvalue weighted by Crippen LogP contribution is 2.49. The molecule has 160 valence electrons. The molecule has 3 heterocycles. The fourth-order valence-electron chi connectivity index (χ4n) is 5.85. The SMILES string of the molecule is CC(C)C[C@H]1[NH2+][C@]2(C(=O)Nc3ccccc32)[C@@H]2C(=O)N(CCc3ccccc3)C(=O)[C@@H]21. The number of para-hydroxylation sites is 1. The van der Waals surface area contributed by atoms with E-state index >= 15 is 0 Å². The summed E-state index contributed by atoms with van der Waals surface area (Å²) in [4.78, 5) is 42.0. The number of amides is 3. The minimum Gasteiger partial charge on any atom is -0.326 e. The fourth-order valence-corrected chi connectivity index (χ4v) is 5.85. The molecule has 3 aliphatic rings. The number of anilines is 1. The number of hydrogen-bond acceptors (Lipinski definition) is 3. The van der Waals surface area contributed by atoms with E-state index in [2.05, 4.69) is 19.2 Å².